The molecule has 9 heteroatoms. The predicted octanol–water partition coefficient (Wildman–Crippen LogP) is 2.96. The van der Waals surface area contributed by atoms with Crippen LogP contribution in [-0.4, -0.2) is 32.9 Å². The molecule has 0 radical (unpaired) electrons. The van der Waals surface area contributed by atoms with Gasteiger partial charge in [0.15, 0.2) is 0 Å². The summed E-state index contributed by atoms with van der Waals surface area (Å²) in [4.78, 5) is -0.459. The fourth-order valence-corrected chi connectivity index (χ4v) is 3.43. The minimum atomic E-state index is -4.72. The highest BCUT2D eigenvalue weighted by atomic mass is 35.5. The van der Waals surface area contributed by atoms with Gasteiger partial charge in [-0.3, -0.25) is 0 Å². The molecule has 0 amide bonds. The molecule has 2 N–H and O–H groups in total. The molecule has 0 bridgehead atoms. The highest BCUT2D eigenvalue weighted by Crippen LogP contribution is 2.36. The molecule has 0 aliphatic carbocycles. The zero-order valence-corrected chi connectivity index (χ0v) is 14.0. The lowest BCUT2D eigenvalue weighted by Crippen LogP contribution is -2.39. The van der Waals surface area contributed by atoms with Crippen LogP contribution in [0.4, 0.5) is 13.2 Å². The maximum atomic E-state index is 12.8. The van der Waals surface area contributed by atoms with Gasteiger partial charge in [0.05, 0.1) is 15.5 Å². The molecule has 0 saturated heterocycles. The van der Waals surface area contributed by atoms with Crippen LogP contribution in [0, 0.1) is 5.41 Å². The van der Waals surface area contributed by atoms with Crippen LogP contribution in [0.15, 0.2) is 23.1 Å². The van der Waals surface area contributed by atoms with Crippen LogP contribution in [0.5, 0.6) is 0 Å². The quantitative estimate of drug-likeness (QED) is 0.880. The van der Waals surface area contributed by atoms with Crippen molar-refractivity contribution in [1.29, 1.82) is 0 Å². The lowest BCUT2D eigenvalue weighted by atomic mass is 9.94. The Morgan fingerprint density at radius 1 is 1.27 bits per heavy atom. The van der Waals surface area contributed by atoms with Crippen LogP contribution < -0.4 is 5.73 Å². The summed E-state index contributed by atoms with van der Waals surface area (Å²) in [5.41, 5.74) is 3.87. The molecule has 1 aromatic rings. The topological polar surface area (TPSA) is 63.4 Å². The van der Waals surface area contributed by atoms with E-state index < -0.39 is 37.1 Å². The number of halogens is 4. The fourth-order valence-electron chi connectivity index (χ4n) is 1.81. The number of benzene rings is 1. The number of sulfonamides is 1. The summed E-state index contributed by atoms with van der Waals surface area (Å²) in [5, 5.41) is -0.545. The Morgan fingerprint density at radius 3 is 2.27 bits per heavy atom. The van der Waals surface area contributed by atoms with E-state index in [1.165, 1.54) is 7.05 Å². The minimum absolute atomic E-state index is 0.0792. The zero-order valence-electron chi connectivity index (χ0n) is 12.4. The van der Waals surface area contributed by atoms with Gasteiger partial charge >= 0.3 is 6.18 Å². The summed E-state index contributed by atoms with van der Waals surface area (Å²) in [6, 6.07) is 2.53. The van der Waals surface area contributed by atoms with Gasteiger partial charge in [0.25, 0.3) is 0 Å². The number of alkyl halides is 3. The van der Waals surface area contributed by atoms with E-state index in [4.69, 9.17) is 17.3 Å². The second-order valence-electron chi connectivity index (χ2n) is 5.77. The van der Waals surface area contributed by atoms with Crippen molar-refractivity contribution in [3.05, 3.63) is 28.8 Å². The van der Waals surface area contributed by atoms with E-state index >= 15 is 0 Å². The predicted molar refractivity (Wildman–Crippen MR) is 79.1 cm³/mol. The average Bonchev–Trinajstić information content (AvgIpc) is 2.37. The maximum absolute atomic E-state index is 12.8. The first-order chi connectivity index (χ1) is 9.81. The van der Waals surface area contributed by atoms with Crippen LogP contribution in [0.3, 0.4) is 0 Å². The van der Waals surface area contributed by atoms with E-state index in [-0.39, 0.29) is 13.1 Å². The largest absolute Gasteiger partial charge is 0.417 e. The van der Waals surface area contributed by atoms with Crippen molar-refractivity contribution in [1.82, 2.24) is 4.31 Å². The first-order valence-corrected chi connectivity index (χ1v) is 8.16. The number of hydrogen-bond acceptors (Lipinski definition) is 3. The molecule has 4 nitrogen and oxygen atoms in total. The lowest BCUT2D eigenvalue weighted by Gasteiger charge is -2.28. The van der Waals surface area contributed by atoms with Crippen LogP contribution in [0.2, 0.25) is 5.02 Å². The first-order valence-electron chi connectivity index (χ1n) is 6.34. The smallest absolute Gasteiger partial charge is 0.330 e. The van der Waals surface area contributed by atoms with Crippen molar-refractivity contribution in [2.24, 2.45) is 11.1 Å². The fraction of sp³-hybridized carbons (Fsp3) is 0.538. The standard InChI is InChI=1S/C13H18ClF3N2O2S/c1-12(2,7-18)8-19(3)22(20,21)9-4-5-11(14)10(6-9)13(15,16)17/h4-6H,7-8,18H2,1-3H3. The molecule has 126 valence electrons. The average molecular weight is 359 g/mol. The van der Waals surface area contributed by atoms with Crippen molar-refractivity contribution < 1.29 is 21.6 Å². The van der Waals surface area contributed by atoms with Gasteiger partial charge in [-0.2, -0.15) is 13.2 Å². The van der Waals surface area contributed by atoms with E-state index in [0.717, 1.165) is 16.4 Å². The Morgan fingerprint density at radius 2 is 1.82 bits per heavy atom. The molecular formula is C13H18ClF3N2O2S. The highest BCUT2D eigenvalue weighted by molar-refractivity contribution is 7.89. The van der Waals surface area contributed by atoms with Crippen molar-refractivity contribution in [2.75, 3.05) is 20.1 Å². The molecule has 0 fully saturated rings. The second-order valence-corrected chi connectivity index (χ2v) is 8.22. The first kappa shape index (κ1) is 19.2. The molecule has 0 heterocycles. The van der Waals surface area contributed by atoms with Gasteiger partial charge in [-0.05, 0) is 30.2 Å². The molecule has 1 rings (SSSR count). The molecule has 22 heavy (non-hydrogen) atoms. The summed E-state index contributed by atoms with van der Waals surface area (Å²) in [7, 11) is -2.76. The van der Waals surface area contributed by atoms with Gasteiger partial charge in [0.2, 0.25) is 10.0 Å². The molecule has 0 aromatic heterocycles. The van der Waals surface area contributed by atoms with E-state index in [1.54, 1.807) is 13.8 Å². The van der Waals surface area contributed by atoms with Crippen LogP contribution in [-0.2, 0) is 16.2 Å². The Balaban J connectivity index is 3.24. The normalized spacial score (nSPS) is 13.7. The Bertz CT molecular complexity index is 645. The second kappa shape index (κ2) is 6.35. The van der Waals surface area contributed by atoms with E-state index in [2.05, 4.69) is 0 Å². The molecule has 0 atom stereocenters. The minimum Gasteiger partial charge on any atom is -0.330 e. The molecule has 0 unspecified atom stereocenters. The lowest BCUT2D eigenvalue weighted by molar-refractivity contribution is -0.137. The van der Waals surface area contributed by atoms with Gasteiger partial charge in [0.1, 0.15) is 0 Å². The van der Waals surface area contributed by atoms with Crippen molar-refractivity contribution >= 4 is 21.6 Å². The zero-order chi connectivity index (χ0) is 17.3. The third-order valence-electron chi connectivity index (χ3n) is 3.15. The monoisotopic (exact) mass is 358 g/mol. The molecule has 0 spiro atoms. The van der Waals surface area contributed by atoms with Gasteiger partial charge < -0.3 is 5.73 Å². The maximum Gasteiger partial charge on any atom is 0.417 e. The Labute approximate surface area is 133 Å². The van der Waals surface area contributed by atoms with Gasteiger partial charge in [0, 0.05) is 13.6 Å². The number of rotatable bonds is 5. The highest BCUT2D eigenvalue weighted by Gasteiger charge is 2.35. The van der Waals surface area contributed by atoms with Crippen LogP contribution in [0.1, 0.15) is 19.4 Å². The molecule has 1 aromatic carbocycles. The third kappa shape index (κ3) is 4.34. The van der Waals surface area contributed by atoms with Gasteiger partial charge in [-0.25, -0.2) is 12.7 Å². The van der Waals surface area contributed by atoms with Crippen LogP contribution >= 0.6 is 11.6 Å². The Kier molecular flexibility index (Phi) is 5.55. The SMILES string of the molecule is CN(CC(C)(C)CN)S(=O)(=O)c1ccc(Cl)c(C(F)(F)F)c1. The summed E-state index contributed by atoms with van der Waals surface area (Å²) < 4.78 is 64.3. The summed E-state index contributed by atoms with van der Waals surface area (Å²) >= 11 is 5.49. The van der Waals surface area contributed by atoms with E-state index in [9.17, 15) is 21.6 Å². The number of hydrogen-bond donors (Lipinski definition) is 1. The van der Waals surface area contributed by atoms with Gasteiger partial charge in [-0.15, -0.1) is 0 Å². The molecular weight excluding hydrogens is 341 g/mol. The molecule has 0 aliphatic heterocycles. The van der Waals surface area contributed by atoms with Crippen molar-refractivity contribution in [3.63, 3.8) is 0 Å². The Hall–Kier alpha value is -0.830. The summed E-state index contributed by atoms with van der Waals surface area (Å²) in [6.07, 6.45) is -4.72. The number of nitrogens with zero attached hydrogens (tertiary/aromatic N) is 1. The summed E-state index contributed by atoms with van der Waals surface area (Å²) in [5.74, 6) is 0. The van der Waals surface area contributed by atoms with Crippen molar-refractivity contribution in [2.45, 2.75) is 24.9 Å². The van der Waals surface area contributed by atoms with E-state index in [1.807, 2.05) is 0 Å². The molecule has 0 aliphatic rings. The van der Waals surface area contributed by atoms with E-state index in [0.29, 0.717) is 6.07 Å². The number of nitrogens with two attached hydrogens (primary N) is 1. The van der Waals surface area contributed by atoms with Crippen molar-refractivity contribution in [3.8, 4) is 0 Å². The molecule has 0 saturated carbocycles. The van der Waals surface area contributed by atoms with Gasteiger partial charge in [-0.1, -0.05) is 25.4 Å². The van der Waals surface area contributed by atoms with Crippen LogP contribution in [0.25, 0.3) is 0 Å². The summed E-state index contributed by atoms with van der Waals surface area (Å²) in [6.45, 7) is 3.85. The third-order valence-corrected chi connectivity index (χ3v) is 5.28.